The smallest absolute Gasteiger partial charge is 0.433 e. The molecular weight excluding hydrogens is 449 g/mol. The van der Waals surface area contributed by atoms with E-state index in [0.29, 0.717) is 35.9 Å². The van der Waals surface area contributed by atoms with Crippen molar-refractivity contribution in [2.75, 3.05) is 12.4 Å². The van der Waals surface area contributed by atoms with Crippen LogP contribution in [0.3, 0.4) is 0 Å². The van der Waals surface area contributed by atoms with Gasteiger partial charge in [-0.25, -0.2) is 9.78 Å². The molecule has 0 aliphatic heterocycles. The Morgan fingerprint density at radius 2 is 1.91 bits per heavy atom. The maximum atomic E-state index is 13.0. The second kappa shape index (κ2) is 9.08. The van der Waals surface area contributed by atoms with Crippen LogP contribution < -0.4 is 5.32 Å². The number of halogens is 3. The Labute approximate surface area is 194 Å². The SMILES string of the molecule is CCc1cc2nn(C3(C(=O)OC)CCCCC3)cc2cc1NC(=O)c1cccc(C(F)(F)F)n1. The van der Waals surface area contributed by atoms with Gasteiger partial charge >= 0.3 is 12.1 Å². The highest BCUT2D eigenvalue weighted by molar-refractivity contribution is 6.04. The number of ether oxygens (including phenoxy) is 1. The summed E-state index contributed by atoms with van der Waals surface area (Å²) in [6, 6.07) is 6.73. The number of nitrogens with one attached hydrogen (secondary N) is 1. The summed E-state index contributed by atoms with van der Waals surface area (Å²) in [7, 11) is 1.37. The van der Waals surface area contributed by atoms with Gasteiger partial charge in [0, 0.05) is 17.3 Å². The van der Waals surface area contributed by atoms with Crippen LogP contribution in [0.1, 0.15) is 60.8 Å². The molecule has 1 amide bonds. The lowest BCUT2D eigenvalue weighted by Gasteiger charge is -2.34. The van der Waals surface area contributed by atoms with Gasteiger partial charge in [0.05, 0.1) is 12.6 Å². The largest absolute Gasteiger partial charge is 0.467 e. The Balaban J connectivity index is 1.69. The first kappa shape index (κ1) is 23.7. The lowest BCUT2D eigenvalue weighted by molar-refractivity contribution is -0.154. The highest BCUT2D eigenvalue weighted by Crippen LogP contribution is 2.37. The van der Waals surface area contributed by atoms with Crippen molar-refractivity contribution in [2.45, 2.75) is 57.2 Å². The molecule has 1 N–H and O–H groups in total. The number of anilines is 1. The van der Waals surface area contributed by atoms with Crippen molar-refractivity contribution in [1.82, 2.24) is 14.8 Å². The topological polar surface area (TPSA) is 86.1 Å². The Hall–Kier alpha value is -3.43. The van der Waals surface area contributed by atoms with Gasteiger partial charge < -0.3 is 10.1 Å². The molecule has 7 nitrogen and oxygen atoms in total. The number of hydrogen-bond acceptors (Lipinski definition) is 5. The fraction of sp³-hybridized carbons (Fsp3) is 0.417. The molecule has 0 spiro atoms. The van der Waals surface area contributed by atoms with Crippen LogP contribution in [0, 0.1) is 0 Å². The summed E-state index contributed by atoms with van der Waals surface area (Å²) >= 11 is 0. The van der Waals surface area contributed by atoms with E-state index < -0.39 is 23.3 Å². The number of methoxy groups -OCH3 is 1. The summed E-state index contributed by atoms with van der Waals surface area (Å²) in [5, 5.41) is 8.05. The first-order chi connectivity index (χ1) is 16.2. The zero-order chi connectivity index (χ0) is 24.5. The summed E-state index contributed by atoms with van der Waals surface area (Å²) in [6.45, 7) is 1.90. The normalized spacial score (nSPS) is 15.8. The number of amides is 1. The maximum absolute atomic E-state index is 13.0. The van der Waals surface area contributed by atoms with E-state index in [0.717, 1.165) is 37.0 Å². The maximum Gasteiger partial charge on any atom is 0.433 e. The number of aryl methyl sites for hydroxylation is 1. The number of carbonyl (C=O) groups excluding carboxylic acids is 2. The molecule has 2 aromatic heterocycles. The molecule has 1 saturated carbocycles. The number of nitrogens with zero attached hydrogens (tertiary/aromatic N) is 3. The minimum absolute atomic E-state index is 0.333. The van der Waals surface area contributed by atoms with Crippen LogP contribution in [0.5, 0.6) is 0 Å². The van der Waals surface area contributed by atoms with Crippen LogP contribution in [-0.2, 0) is 27.7 Å². The van der Waals surface area contributed by atoms with Crippen molar-refractivity contribution in [3.63, 3.8) is 0 Å². The number of benzene rings is 1. The summed E-state index contributed by atoms with van der Waals surface area (Å²) in [4.78, 5) is 28.9. The van der Waals surface area contributed by atoms with Crippen LogP contribution in [0.25, 0.3) is 10.9 Å². The minimum atomic E-state index is -4.65. The molecule has 0 bridgehead atoms. The fourth-order valence-electron chi connectivity index (χ4n) is 4.50. The van der Waals surface area contributed by atoms with E-state index >= 15 is 0 Å². The molecule has 4 rings (SSSR count). The molecule has 180 valence electrons. The van der Waals surface area contributed by atoms with Crippen molar-refractivity contribution in [3.8, 4) is 0 Å². The van der Waals surface area contributed by atoms with Crippen LogP contribution in [-0.4, -0.2) is 33.8 Å². The summed E-state index contributed by atoms with van der Waals surface area (Å²) in [6.07, 6.45) is 1.73. The number of alkyl halides is 3. The molecule has 0 atom stereocenters. The third kappa shape index (κ3) is 4.36. The number of carbonyl (C=O) groups is 2. The van der Waals surface area contributed by atoms with Gasteiger partial charge in [0.15, 0.2) is 5.54 Å². The van der Waals surface area contributed by atoms with Crippen LogP contribution >= 0.6 is 0 Å². The van der Waals surface area contributed by atoms with E-state index in [1.54, 1.807) is 16.9 Å². The van der Waals surface area contributed by atoms with E-state index in [9.17, 15) is 22.8 Å². The number of pyridine rings is 1. The molecule has 1 aliphatic rings. The van der Waals surface area contributed by atoms with E-state index in [4.69, 9.17) is 4.74 Å². The van der Waals surface area contributed by atoms with Crippen LogP contribution in [0.2, 0.25) is 0 Å². The Bertz CT molecular complexity index is 1230. The van der Waals surface area contributed by atoms with E-state index in [1.165, 1.54) is 13.2 Å². The van der Waals surface area contributed by atoms with Gasteiger partial charge in [-0.2, -0.15) is 18.3 Å². The van der Waals surface area contributed by atoms with Gasteiger partial charge in [0.25, 0.3) is 5.91 Å². The van der Waals surface area contributed by atoms with E-state index in [1.807, 2.05) is 13.0 Å². The van der Waals surface area contributed by atoms with Crippen molar-refractivity contribution in [1.29, 1.82) is 0 Å². The van der Waals surface area contributed by atoms with E-state index in [2.05, 4.69) is 15.4 Å². The average Bonchev–Trinajstić information content (AvgIpc) is 3.26. The van der Waals surface area contributed by atoms with Crippen LogP contribution in [0.15, 0.2) is 36.5 Å². The predicted molar refractivity (Wildman–Crippen MR) is 119 cm³/mol. The number of esters is 1. The molecule has 2 heterocycles. The fourth-order valence-corrected chi connectivity index (χ4v) is 4.50. The molecular formula is C24H25F3N4O3. The van der Waals surface area contributed by atoms with Gasteiger partial charge in [-0.05, 0) is 49.1 Å². The monoisotopic (exact) mass is 474 g/mol. The highest BCUT2D eigenvalue weighted by atomic mass is 19.4. The lowest BCUT2D eigenvalue weighted by Crippen LogP contribution is -2.44. The minimum Gasteiger partial charge on any atom is -0.467 e. The van der Waals surface area contributed by atoms with Gasteiger partial charge in [-0.15, -0.1) is 0 Å². The van der Waals surface area contributed by atoms with E-state index in [-0.39, 0.29) is 11.7 Å². The Morgan fingerprint density at radius 3 is 2.56 bits per heavy atom. The first-order valence-corrected chi connectivity index (χ1v) is 11.1. The standard InChI is InChI=1S/C24H25F3N4O3/c1-3-15-12-19-16(14-31(30-19)23(22(33)34-2)10-5-4-6-11-23)13-18(15)29-21(32)17-8-7-9-20(28-17)24(25,26)27/h7-9,12-14H,3-6,10-11H2,1-2H3,(H,29,32). The molecule has 1 fully saturated rings. The first-order valence-electron chi connectivity index (χ1n) is 11.1. The summed E-state index contributed by atoms with van der Waals surface area (Å²) < 4.78 is 45.7. The van der Waals surface area contributed by atoms with Crippen molar-refractivity contribution in [3.05, 3.63) is 53.5 Å². The molecule has 0 saturated heterocycles. The van der Waals surface area contributed by atoms with Crippen molar-refractivity contribution in [2.24, 2.45) is 0 Å². The zero-order valence-electron chi connectivity index (χ0n) is 18.9. The predicted octanol–water partition coefficient (Wildman–Crippen LogP) is 5.10. The molecule has 0 radical (unpaired) electrons. The average molecular weight is 474 g/mol. The molecule has 34 heavy (non-hydrogen) atoms. The van der Waals surface area contributed by atoms with Gasteiger partial charge in [-0.1, -0.05) is 32.3 Å². The summed E-state index contributed by atoms with van der Waals surface area (Å²) in [5.74, 6) is -1.08. The number of fused-ring (bicyclic) bond motifs is 1. The van der Waals surface area contributed by atoms with Crippen molar-refractivity contribution < 1.29 is 27.5 Å². The third-order valence-electron chi connectivity index (χ3n) is 6.32. The number of aromatic nitrogens is 3. The molecule has 0 unspecified atom stereocenters. The van der Waals surface area contributed by atoms with Gasteiger partial charge in [0.2, 0.25) is 0 Å². The molecule has 10 heteroatoms. The van der Waals surface area contributed by atoms with Gasteiger partial charge in [-0.3, -0.25) is 9.48 Å². The Morgan fingerprint density at radius 1 is 1.18 bits per heavy atom. The number of rotatable bonds is 5. The molecule has 1 aromatic carbocycles. The number of hydrogen-bond donors (Lipinski definition) is 1. The summed E-state index contributed by atoms with van der Waals surface area (Å²) in [5.41, 5.74) is -0.471. The second-order valence-electron chi connectivity index (χ2n) is 8.44. The van der Waals surface area contributed by atoms with Gasteiger partial charge in [0.1, 0.15) is 11.4 Å². The molecule has 1 aliphatic carbocycles. The highest BCUT2D eigenvalue weighted by Gasteiger charge is 2.43. The van der Waals surface area contributed by atoms with Crippen molar-refractivity contribution >= 4 is 28.5 Å². The quantitative estimate of drug-likeness (QED) is 0.520. The second-order valence-corrected chi connectivity index (χ2v) is 8.44. The Kier molecular flexibility index (Phi) is 6.33. The zero-order valence-corrected chi connectivity index (χ0v) is 18.9. The third-order valence-corrected chi connectivity index (χ3v) is 6.32. The lowest BCUT2D eigenvalue weighted by atomic mass is 9.82. The van der Waals surface area contributed by atoms with Crippen LogP contribution in [0.4, 0.5) is 18.9 Å². The molecule has 3 aromatic rings.